The molecule has 3 nitrogen and oxygen atoms in total. The predicted molar refractivity (Wildman–Crippen MR) is 104 cm³/mol. The Morgan fingerprint density at radius 1 is 0.900 bits per heavy atom. The SMILES string of the molecule is Cc1cc(-c2nc3ccccc3s2)ccc1NC(=O)c1c(F)c(F)c(F)c(F)c1F. The summed E-state index contributed by atoms with van der Waals surface area (Å²) < 4.78 is 68.6. The lowest BCUT2D eigenvalue weighted by Crippen LogP contribution is -2.19. The summed E-state index contributed by atoms with van der Waals surface area (Å²) in [6.07, 6.45) is 0. The van der Waals surface area contributed by atoms with Gasteiger partial charge in [0.2, 0.25) is 5.82 Å². The average molecular weight is 434 g/mol. The molecule has 4 aromatic rings. The number of nitrogens with zero attached hydrogens (tertiary/aromatic N) is 1. The van der Waals surface area contributed by atoms with Gasteiger partial charge in [-0.1, -0.05) is 12.1 Å². The molecule has 9 heteroatoms. The van der Waals surface area contributed by atoms with Gasteiger partial charge in [0.05, 0.1) is 10.2 Å². The molecule has 1 amide bonds. The maximum Gasteiger partial charge on any atom is 0.261 e. The Hall–Kier alpha value is -3.33. The molecule has 0 saturated heterocycles. The van der Waals surface area contributed by atoms with E-state index < -0.39 is 40.6 Å². The molecule has 30 heavy (non-hydrogen) atoms. The van der Waals surface area contributed by atoms with Gasteiger partial charge >= 0.3 is 0 Å². The first-order chi connectivity index (χ1) is 14.3. The van der Waals surface area contributed by atoms with E-state index in [4.69, 9.17) is 0 Å². The second-order valence-corrected chi connectivity index (χ2v) is 7.45. The number of anilines is 1. The Labute approximate surface area is 170 Å². The molecule has 1 aromatic heterocycles. The summed E-state index contributed by atoms with van der Waals surface area (Å²) in [7, 11) is 0. The van der Waals surface area contributed by atoms with Crippen LogP contribution in [0, 0.1) is 36.0 Å². The molecule has 4 rings (SSSR count). The molecule has 0 aliphatic carbocycles. The maximum atomic E-state index is 13.9. The van der Waals surface area contributed by atoms with Gasteiger partial charge in [-0.15, -0.1) is 11.3 Å². The van der Waals surface area contributed by atoms with Gasteiger partial charge in [-0.05, 0) is 42.8 Å². The van der Waals surface area contributed by atoms with Crippen LogP contribution in [0.2, 0.25) is 0 Å². The summed E-state index contributed by atoms with van der Waals surface area (Å²) in [4.78, 5) is 16.8. The minimum absolute atomic E-state index is 0.161. The van der Waals surface area contributed by atoms with Crippen molar-refractivity contribution in [3.63, 3.8) is 0 Å². The number of carbonyl (C=O) groups is 1. The number of thiazole rings is 1. The lowest BCUT2D eigenvalue weighted by molar-refractivity contribution is 0.101. The highest BCUT2D eigenvalue weighted by Crippen LogP contribution is 2.32. The number of nitrogens with one attached hydrogen (secondary N) is 1. The molecular formula is C21H11F5N2OS. The highest BCUT2D eigenvalue weighted by molar-refractivity contribution is 7.21. The quantitative estimate of drug-likeness (QED) is 0.236. The number of aromatic nitrogens is 1. The first kappa shape index (κ1) is 20.0. The lowest BCUT2D eigenvalue weighted by Gasteiger charge is -2.11. The number of hydrogen-bond donors (Lipinski definition) is 1. The van der Waals surface area contributed by atoms with Crippen molar-refractivity contribution in [2.75, 3.05) is 5.32 Å². The molecule has 152 valence electrons. The van der Waals surface area contributed by atoms with E-state index in [1.165, 1.54) is 17.4 Å². The summed E-state index contributed by atoms with van der Waals surface area (Å²) in [6.45, 7) is 1.63. The minimum Gasteiger partial charge on any atom is -0.322 e. The molecule has 0 bridgehead atoms. The van der Waals surface area contributed by atoms with E-state index in [0.717, 1.165) is 20.8 Å². The van der Waals surface area contributed by atoms with Crippen molar-refractivity contribution in [1.29, 1.82) is 0 Å². The number of fused-ring (bicyclic) bond motifs is 1. The standard InChI is InChI=1S/C21H11F5N2OS/c1-9-8-10(21-28-12-4-2-3-5-13(12)30-21)6-7-11(9)27-20(29)14-15(22)17(24)19(26)18(25)16(14)23/h2-8H,1H3,(H,27,29). The van der Waals surface area contributed by atoms with Crippen LogP contribution in [-0.4, -0.2) is 10.9 Å². The minimum atomic E-state index is -2.32. The third kappa shape index (κ3) is 3.30. The van der Waals surface area contributed by atoms with Crippen LogP contribution in [0.1, 0.15) is 15.9 Å². The normalized spacial score (nSPS) is 11.1. The number of carbonyl (C=O) groups excluding carboxylic acids is 1. The van der Waals surface area contributed by atoms with Crippen LogP contribution >= 0.6 is 11.3 Å². The Kier molecular flexibility index (Phi) is 4.98. The van der Waals surface area contributed by atoms with E-state index in [9.17, 15) is 26.7 Å². The fourth-order valence-electron chi connectivity index (χ4n) is 2.92. The summed E-state index contributed by atoms with van der Waals surface area (Å²) in [6, 6.07) is 12.4. The van der Waals surface area contributed by atoms with Crippen LogP contribution in [0.3, 0.4) is 0 Å². The zero-order valence-electron chi connectivity index (χ0n) is 15.2. The Morgan fingerprint density at radius 3 is 2.17 bits per heavy atom. The molecule has 1 heterocycles. The number of para-hydroxylation sites is 1. The van der Waals surface area contributed by atoms with Crippen molar-refractivity contribution in [1.82, 2.24) is 4.98 Å². The number of hydrogen-bond acceptors (Lipinski definition) is 3. The Bertz CT molecular complexity index is 1260. The number of benzene rings is 3. The maximum absolute atomic E-state index is 13.9. The van der Waals surface area contributed by atoms with Crippen LogP contribution in [0.25, 0.3) is 20.8 Å². The summed E-state index contributed by atoms with van der Waals surface area (Å²) in [5.74, 6) is -12.5. The van der Waals surface area contributed by atoms with Crippen molar-refractivity contribution < 1.29 is 26.7 Å². The second-order valence-electron chi connectivity index (χ2n) is 6.42. The van der Waals surface area contributed by atoms with Crippen molar-refractivity contribution in [2.45, 2.75) is 6.92 Å². The van der Waals surface area contributed by atoms with Gasteiger partial charge in [0.1, 0.15) is 10.6 Å². The highest BCUT2D eigenvalue weighted by Gasteiger charge is 2.30. The molecule has 0 radical (unpaired) electrons. The Balaban J connectivity index is 1.66. The molecule has 0 unspecified atom stereocenters. The smallest absolute Gasteiger partial charge is 0.261 e. The van der Waals surface area contributed by atoms with Crippen LogP contribution in [-0.2, 0) is 0 Å². The van der Waals surface area contributed by atoms with Gasteiger partial charge in [-0.3, -0.25) is 4.79 Å². The van der Waals surface area contributed by atoms with Crippen LogP contribution in [0.5, 0.6) is 0 Å². The molecule has 0 saturated carbocycles. The van der Waals surface area contributed by atoms with Gasteiger partial charge in [0.25, 0.3) is 5.91 Å². The Morgan fingerprint density at radius 2 is 1.53 bits per heavy atom. The fourth-order valence-corrected chi connectivity index (χ4v) is 3.88. The van der Waals surface area contributed by atoms with Crippen LogP contribution < -0.4 is 5.32 Å². The fraction of sp³-hybridized carbons (Fsp3) is 0.0476. The van der Waals surface area contributed by atoms with E-state index in [1.54, 1.807) is 19.1 Å². The van der Waals surface area contributed by atoms with Gasteiger partial charge in [0, 0.05) is 11.3 Å². The molecule has 3 aromatic carbocycles. The van der Waals surface area contributed by atoms with Gasteiger partial charge in [-0.25, -0.2) is 26.9 Å². The third-order valence-corrected chi connectivity index (χ3v) is 5.54. The van der Waals surface area contributed by atoms with Gasteiger partial charge in [0.15, 0.2) is 23.3 Å². The third-order valence-electron chi connectivity index (χ3n) is 4.45. The van der Waals surface area contributed by atoms with Crippen molar-refractivity contribution in [2.24, 2.45) is 0 Å². The van der Waals surface area contributed by atoms with E-state index in [0.29, 0.717) is 5.56 Å². The summed E-state index contributed by atoms with van der Waals surface area (Å²) >= 11 is 1.47. The molecule has 0 spiro atoms. The topological polar surface area (TPSA) is 42.0 Å². The largest absolute Gasteiger partial charge is 0.322 e. The van der Waals surface area contributed by atoms with E-state index in [2.05, 4.69) is 10.3 Å². The molecular weight excluding hydrogens is 423 g/mol. The molecule has 0 aliphatic rings. The molecule has 1 N–H and O–H groups in total. The van der Waals surface area contributed by atoms with Gasteiger partial charge in [-0.2, -0.15) is 0 Å². The first-order valence-corrected chi connectivity index (χ1v) is 9.39. The monoisotopic (exact) mass is 434 g/mol. The number of aryl methyl sites for hydroxylation is 1. The van der Waals surface area contributed by atoms with E-state index in [1.807, 2.05) is 24.3 Å². The lowest BCUT2D eigenvalue weighted by atomic mass is 10.1. The van der Waals surface area contributed by atoms with Crippen molar-refractivity contribution in [3.8, 4) is 10.6 Å². The van der Waals surface area contributed by atoms with E-state index in [-0.39, 0.29) is 5.69 Å². The summed E-state index contributed by atoms with van der Waals surface area (Å²) in [5.41, 5.74) is 0.723. The number of rotatable bonds is 3. The first-order valence-electron chi connectivity index (χ1n) is 8.57. The zero-order valence-corrected chi connectivity index (χ0v) is 16.0. The zero-order chi connectivity index (χ0) is 21.6. The van der Waals surface area contributed by atoms with Crippen LogP contribution in [0.15, 0.2) is 42.5 Å². The van der Waals surface area contributed by atoms with Gasteiger partial charge < -0.3 is 5.32 Å². The van der Waals surface area contributed by atoms with E-state index >= 15 is 0 Å². The van der Waals surface area contributed by atoms with Crippen LogP contribution in [0.4, 0.5) is 27.6 Å². The van der Waals surface area contributed by atoms with Crippen molar-refractivity contribution >= 4 is 33.1 Å². The molecule has 0 fully saturated rings. The predicted octanol–water partition coefficient (Wildman–Crippen LogP) is 6.22. The molecule has 0 aliphatic heterocycles. The second kappa shape index (κ2) is 7.49. The average Bonchev–Trinajstić information content (AvgIpc) is 3.16. The summed E-state index contributed by atoms with van der Waals surface area (Å²) in [5, 5.41) is 2.93. The number of amides is 1. The highest BCUT2D eigenvalue weighted by atomic mass is 32.1. The van der Waals surface area contributed by atoms with Crippen molar-refractivity contribution in [3.05, 3.63) is 82.7 Å². The number of halogens is 5. The molecule has 0 atom stereocenters.